The summed E-state index contributed by atoms with van der Waals surface area (Å²) in [6.07, 6.45) is 4.03. The molecule has 3 rings (SSSR count). The van der Waals surface area contributed by atoms with Gasteiger partial charge in [-0.3, -0.25) is 4.90 Å². The van der Waals surface area contributed by atoms with Crippen LogP contribution in [0.5, 0.6) is 0 Å². The van der Waals surface area contributed by atoms with Gasteiger partial charge in [0.2, 0.25) is 0 Å². The van der Waals surface area contributed by atoms with Crippen molar-refractivity contribution < 1.29 is 14.3 Å². The largest absolute Gasteiger partial charge is 0.468 e. The van der Waals surface area contributed by atoms with Crippen LogP contribution in [-0.4, -0.2) is 35.7 Å². The Balaban J connectivity index is 1.53. The van der Waals surface area contributed by atoms with Gasteiger partial charge in [-0.2, -0.15) is 0 Å². The van der Waals surface area contributed by atoms with Crippen LogP contribution in [0.1, 0.15) is 35.8 Å². The average Bonchev–Trinajstić information content (AvgIpc) is 3.35. The Morgan fingerprint density at radius 1 is 1.12 bits per heavy atom. The molecule has 1 fully saturated rings. The van der Waals surface area contributed by atoms with E-state index in [1.54, 1.807) is 6.26 Å². The smallest absolute Gasteiger partial charge is 0.315 e. The molecular weight excluding hydrogens is 318 g/mol. The van der Waals surface area contributed by atoms with Gasteiger partial charge in [-0.1, -0.05) is 24.3 Å². The minimum atomic E-state index is -0.219. The fraction of sp³-hybridized carbons (Fsp3) is 0.421. The van der Waals surface area contributed by atoms with E-state index >= 15 is 0 Å². The minimum absolute atomic E-state index is 0.0327. The van der Waals surface area contributed by atoms with Crippen LogP contribution in [0.2, 0.25) is 0 Å². The van der Waals surface area contributed by atoms with E-state index in [0.29, 0.717) is 13.1 Å². The summed E-state index contributed by atoms with van der Waals surface area (Å²) in [6, 6.07) is 11.2. The van der Waals surface area contributed by atoms with Gasteiger partial charge >= 0.3 is 6.03 Å². The van der Waals surface area contributed by atoms with Gasteiger partial charge in [0.25, 0.3) is 0 Å². The van der Waals surface area contributed by atoms with Crippen LogP contribution in [0.25, 0.3) is 0 Å². The Kier molecular flexibility index (Phi) is 6.09. The molecule has 1 aromatic carbocycles. The van der Waals surface area contributed by atoms with Gasteiger partial charge in [0, 0.05) is 13.1 Å². The molecule has 2 heterocycles. The highest BCUT2D eigenvalue weighted by atomic mass is 16.3. The third-order valence-electron chi connectivity index (χ3n) is 4.64. The Labute approximate surface area is 147 Å². The van der Waals surface area contributed by atoms with Crippen LogP contribution in [0, 0.1) is 0 Å². The molecule has 25 heavy (non-hydrogen) atoms. The topological polar surface area (TPSA) is 77.7 Å². The maximum Gasteiger partial charge on any atom is 0.315 e. The zero-order valence-corrected chi connectivity index (χ0v) is 14.3. The van der Waals surface area contributed by atoms with Crippen molar-refractivity contribution in [2.75, 3.05) is 19.6 Å². The van der Waals surface area contributed by atoms with Crippen molar-refractivity contribution in [3.05, 3.63) is 59.5 Å². The highest BCUT2D eigenvalue weighted by Crippen LogP contribution is 2.24. The minimum Gasteiger partial charge on any atom is -0.468 e. The second-order valence-corrected chi connectivity index (χ2v) is 6.26. The van der Waals surface area contributed by atoms with Gasteiger partial charge in [-0.25, -0.2) is 4.79 Å². The van der Waals surface area contributed by atoms with Crippen molar-refractivity contribution in [3.63, 3.8) is 0 Å². The molecule has 3 N–H and O–H groups in total. The number of hydrogen-bond acceptors (Lipinski definition) is 4. The maximum absolute atomic E-state index is 12.2. The summed E-state index contributed by atoms with van der Waals surface area (Å²) in [4.78, 5) is 14.5. The predicted octanol–water partition coefficient (Wildman–Crippen LogP) is 2.41. The van der Waals surface area contributed by atoms with E-state index in [9.17, 15) is 9.90 Å². The van der Waals surface area contributed by atoms with E-state index in [1.165, 1.54) is 12.8 Å². The van der Waals surface area contributed by atoms with Gasteiger partial charge in [0.15, 0.2) is 0 Å². The van der Waals surface area contributed by atoms with Gasteiger partial charge in [0.1, 0.15) is 5.76 Å². The first-order valence-electron chi connectivity index (χ1n) is 8.74. The molecule has 0 radical (unpaired) electrons. The molecule has 2 amide bonds. The van der Waals surface area contributed by atoms with Crippen molar-refractivity contribution in [3.8, 4) is 0 Å². The highest BCUT2D eigenvalue weighted by molar-refractivity contribution is 5.73. The lowest BCUT2D eigenvalue weighted by atomic mass is 10.1. The summed E-state index contributed by atoms with van der Waals surface area (Å²) in [5.41, 5.74) is 1.75. The fourth-order valence-electron chi connectivity index (χ4n) is 3.26. The Hall–Kier alpha value is -2.31. The molecule has 1 aromatic heterocycles. The van der Waals surface area contributed by atoms with E-state index in [2.05, 4.69) is 15.5 Å². The summed E-state index contributed by atoms with van der Waals surface area (Å²) in [5.74, 6) is 0.882. The molecule has 6 heteroatoms. The van der Waals surface area contributed by atoms with Crippen LogP contribution in [0.4, 0.5) is 4.79 Å². The standard InChI is InChI=1S/C19H25N3O3/c23-14-16-7-2-1-6-15(16)12-20-19(24)21-13-17(18-8-5-11-25-18)22-9-3-4-10-22/h1-2,5-8,11,17,23H,3-4,9-10,12-14H2,(H2,20,21,24)/t17-/m1/s1. The third kappa shape index (κ3) is 4.61. The monoisotopic (exact) mass is 343 g/mol. The number of nitrogens with zero attached hydrogens (tertiary/aromatic N) is 1. The zero-order valence-electron chi connectivity index (χ0n) is 14.3. The zero-order chi connectivity index (χ0) is 17.5. The van der Waals surface area contributed by atoms with E-state index < -0.39 is 0 Å². The van der Waals surface area contributed by atoms with Crippen LogP contribution in [0.3, 0.4) is 0 Å². The first-order valence-corrected chi connectivity index (χ1v) is 8.74. The van der Waals surface area contributed by atoms with Crippen molar-refractivity contribution in [2.45, 2.75) is 32.0 Å². The molecular formula is C19H25N3O3. The van der Waals surface area contributed by atoms with Crippen molar-refractivity contribution >= 4 is 6.03 Å². The number of likely N-dealkylation sites (tertiary alicyclic amines) is 1. The molecule has 0 aliphatic carbocycles. The number of carbonyl (C=O) groups excluding carboxylic acids is 1. The van der Waals surface area contributed by atoms with E-state index in [4.69, 9.17) is 4.42 Å². The molecule has 0 unspecified atom stereocenters. The molecule has 134 valence electrons. The molecule has 1 aliphatic rings. The molecule has 1 aliphatic heterocycles. The molecule has 6 nitrogen and oxygen atoms in total. The second-order valence-electron chi connectivity index (χ2n) is 6.26. The van der Waals surface area contributed by atoms with Crippen LogP contribution < -0.4 is 10.6 Å². The van der Waals surface area contributed by atoms with Crippen molar-refractivity contribution in [2.24, 2.45) is 0 Å². The number of rotatable bonds is 7. The van der Waals surface area contributed by atoms with Crippen LogP contribution in [0.15, 0.2) is 47.1 Å². The number of urea groups is 1. The average molecular weight is 343 g/mol. The lowest BCUT2D eigenvalue weighted by molar-refractivity contribution is 0.203. The second kappa shape index (κ2) is 8.69. The Bertz CT molecular complexity index is 666. The summed E-state index contributed by atoms with van der Waals surface area (Å²) < 4.78 is 5.56. The van der Waals surface area contributed by atoms with Gasteiger partial charge in [0.05, 0.1) is 18.9 Å². The van der Waals surface area contributed by atoms with E-state index in [-0.39, 0.29) is 18.7 Å². The molecule has 1 atom stereocenters. The Morgan fingerprint density at radius 2 is 1.88 bits per heavy atom. The van der Waals surface area contributed by atoms with E-state index in [1.807, 2.05) is 36.4 Å². The number of amides is 2. The normalized spacial score (nSPS) is 15.9. The number of nitrogens with one attached hydrogen (secondary N) is 2. The number of aliphatic hydroxyl groups excluding tert-OH is 1. The summed E-state index contributed by atoms with van der Waals surface area (Å²) >= 11 is 0. The third-order valence-corrected chi connectivity index (χ3v) is 4.64. The number of hydrogen-bond donors (Lipinski definition) is 3. The summed E-state index contributed by atoms with van der Waals surface area (Å²) in [5, 5.41) is 15.1. The van der Waals surface area contributed by atoms with Gasteiger partial charge < -0.3 is 20.2 Å². The fourth-order valence-corrected chi connectivity index (χ4v) is 3.26. The summed E-state index contributed by atoms with van der Waals surface area (Å²) in [7, 11) is 0. The first-order chi connectivity index (χ1) is 12.3. The number of furan rings is 1. The molecule has 2 aromatic rings. The highest BCUT2D eigenvalue weighted by Gasteiger charge is 2.25. The van der Waals surface area contributed by atoms with Crippen molar-refractivity contribution in [1.29, 1.82) is 0 Å². The van der Waals surface area contributed by atoms with Crippen molar-refractivity contribution in [1.82, 2.24) is 15.5 Å². The number of benzene rings is 1. The predicted molar refractivity (Wildman–Crippen MR) is 94.9 cm³/mol. The number of carbonyl (C=O) groups is 1. The number of aliphatic hydroxyl groups is 1. The molecule has 1 saturated heterocycles. The van der Waals surface area contributed by atoms with Crippen LogP contribution >= 0.6 is 0 Å². The molecule has 0 saturated carbocycles. The SMILES string of the molecule is O=C(NCc1ccccc1CO)NC[C@H](c1ccco1)N1CCCC1. The summed E-state index contributed by atoms with van der Waals surface area (Å²) in [6.45, 7) is 2.91. The van der Waals surface area contributed by atoms with Crippen LogP contribution in [-0.2, 0) is 13.2 Å². The lowest BCUT2D eigenvalue weighted by Gasteiger charge is -2.26. The Morgan fingerprint density at radius 3 is 2.56 bits per heavy atom. The lowest BCUT2D eigenvalue weighted by Crippen LogP contribution is -2.41. The molecule has 0 bridgehead atoms. The van der Waals surface area contributed by atoms with E-state index in [0.717, 1.165) is 30.0 Å². The quantitative estimate of drug-likeness (QED) is 0.721. The van der Waals surface area contributed by atoms with Gasteiger partial charge in [-0.15, -0.1) is 0 Å². The maximum atomic E-state index is 12.2. The van der Waals surface area contributed by atoms with Gasteiger partial charge in [-0.05, 0) is 49.2 Å². The first kappa shape index (κ1) is 17.5. The molecule has 0 spiro atoms.